The number of likely N-dealkylation sites (tertiary alicyclic amines) is 1. The van der Waals surface area contributed by atoms with Gasteiger partial charge in [0.05, 0.1) is 11.8 Å². The minimum absolute atomic E-state index is 0.0921. The Bertz CT molecular complexity index is 537. The number of hydrogen-bond acceptors (Lipinski definition) is 3. The third-order valence-electron chi connectivity index (χ3n) is 3.33. The Morgan fingerprint density at radius 3 is 2.81 bits per heavy atom. The van der Waals surface area contributed by atoms with Gasteiger partial charge in [0, 0.05) is 13.1 Å². The summed E-state index contributed by atoms with van der Waals surface area (Å²) in [6, 6.07) is 10.0. The van der Waals surface area contributed by atoms with E-state index in [0.29, 0.717) is 13.1 Å². The summed E-state index contributed by atoms with van der Waals surface area (Å²) in [6.07, 6.45) is 3.86. The standard InChI is InChI=1S/C17H20N2O2/c1-3-12-21-17(20)19-11-10-15(13-19)18-16(4-2)14-8-6-5-7-9-14/h3-9,15H,1-2,10-13H2/b18-16+/t15-/m1/s1. The molecule has 1 atom stereocenters. The summed E-state index contributed by atoms with van der Waals surface area (Å²) in [5.41, 5.74) is 1.90. The van der Waals surface area contributed by atoms with Crippen LogP contribution in [-0.2, 0) is 4.74 Å². The van der Waals surface area contributed by atoms with E-state index in [1.807, 2.05) is 30.3 Å². The molecule has 2 rings (SSSR count). The molecule has 0 spiro atoms. The minimum Gasteiger partial charge on any atom is -0.445 e. The van der Waals surface area contributed by atoms with Crippen molar-refractivity contribution in [3.8, 4) is 0 Å². The molecule has 21 heavy (non-hydrogen) atoms. The van der Waals surface area contributed by atoms with Gasteiger partial charge in [0.2, 0.25) is 0 Å². The van der Waals surface area contributed by atoms with Crippen molar-refractivity contribution >= 4 is 11.8 Å². The fraction of sp³-hybridized carbons (Fsp3) is 0.294. The zero-order valence-electron chi connectivity index (χ0n) is 12.1. The van der Waals surface area contributed by atoms with Gasteiger partial charge in [0.1, 0.15) is 6.61 Å². The number of allylic oxidation sites excluding steroid dienone is 1. The molecule has 1 aliphatic heterocycles. The Balaban J connectivity index is 2.00. The number of amides is 1. The average Bonchev–Trinajstić information content (AvgIpc) is 3.00. The first-order valence-corrected chi connectivity index (χ1v) is 7.03. The molecule has 0 aliphatic carbocycles. The van der Waals surface area contributed by atoms with E-state index in [1.165, 1.54) is 0 Å². The third-order valence-corrected chi connectivity index (χ3v) is 3.33. The van der Waals surface area contributed by atoms with Gasteiger partial charge in [-0.1, -0.05) is 49.6 Å². The highest BCUT2D eigenvalue weighted by molar-refractivity contribution is 6.08. The summed E-state index contributed by atoms with van der Waals surface area (Å²) in [5.74, 6) is 0. The van der Waals surface area contributed by atoms with Crippen molar-refractivity contribution in [2.24, 2.45) is 4.99 Å². The molecule has 0 aromatic heterocycles. The van der Waals surface area contributed by atoms with E-state index >= 15 is 0 Å². The molecule has 0 unspecified atom stereocenters. The van der Waals surface area contributed by atoms with Crippen LogP contribution in [0.4, 0.5) is 4.79 Å². The molecule has 1 fully saturated rings. The molecule has 110 valence electrons. The highest BCUT2D eigenvalue weighted by Gasteiger charge is 2.26. The smallest absolute Gasteiger partial charge is 0.410 e. The lowest BCUT2D eigenvalue weighted by Crippen LogP contribution is -2.30. The van der Waals surface area contributed by atoms with E-state index in [4.69, 9.17) is 9.73 Å². The summed E-state index contributed by atoms with van der Waals surface area (Å²) >= 11 is 0. The van der Waals surface area contributed by atoms with Crippen LogP contribution < -0.4 is 0 Å². The van der Waals surface area contributed by atoms with Crippen molar-refractivity contribution in [2.75, 3.05) is 19.7 Å². The fourth-order valence-corrected chi connectivity index (χ4v) is 2.29. The van der Waals surface area contributed by atoms with E-state index < -0.39 is 0 Å². The molecule has 0 saturated carbocycles. The lowest BCUT2D eigenvalue weighted by Gasteiger charge is -2.14. The molecule has 1 aromatic rings. The predicted molar refractivity (Wildman–Crippen MR) is 84.7 cm³/mol. The van der Waals surface area contributed by atoms with Gasteiger partial charge in [-0.3, -0.25) is 4.99 Å². The Kier molecular flexibility index (Phi) is 5.32. The maximum atomic E-state index is 11.8. The number of hydrogen-bond donors (Lipinski definition) is 0. The number of carbonyl (C=O) groups excluding carboxylic acids is 1. The summed E-state index contributed by atoms with van der Waals surface area (Å²) in [5, 5.41) is 0. The van der Waals surface area contributed by atoms with E-state index in [9.17, 15) is 4.79 Å². The molecule has 1 aliphatic rings. The first-order valence-electron chi connectivity index (χ1n) is 7.03. The van der Waals surface area contributed by atoms with Crippen molar-refractivity contribution < 1.29 is 9.53 Å². The van der Waals surface area contributed by atoms with Gasteiger partial charge >= 0.3 is 6.09 Å². The average molecular weight is 284 g/mol. The molecule has 0 N–H and O–H groups in total. The first kappa shape index (κ1) is 15.0. The zero-order chi connectivity index (χ0) is 15.1. The van der Waals surface area contributed by atoms with Gasteiger partial charge in [0.25, 0.3) is 0 Å². The number of rotatable bonds is 5. The second-order valence-electron chi connectivity index (χ2n) is 4.84. The molecular weight excluding hydrogens is 264 g/mol. The van der Waals surface area contributed by atoms with Crippen LogP contribution in [0.15, 0.2) is 60.6 Å². The van der Waals surface area contributed by atoms with Gasteiger partial charge in [0.15, 0.2) is 0 Å². The molecule has 4 nitrogen and oxygen atoms in total. The van der Waals surface area contributed by atoms with Crippen LogP contribution >= 0.6 is 0 Å². The third kappa shape index (κ3) is 4.05. The quantitative estimate of drug-likeness (QED) is 0.616. The monoisotopic (exact) mass is 284 g/mol. The molecule has 1 amide bonds. The summed E-state index contributed by atoms with van der Waals surface area (Å²) < 4.78 is 5.04. The lowest BCUT2D eigenvalue weighted by molar-refractivity contribution is 0.121. The summed E-state index contributed by atoms with van der Waals surface area (Å²) in [6.45, 7) is 8.85. The first-order chi connectivity index (χ1) is 10.2. The Morgan fingerprint density at radius 2 is 2.14 bits per heavy atom. The topological polar surface area (TPSA) is 41.9 Å². The van der Waals surface area contributed by atoms with Gasteiger partial charge in [-0.2, -0.15) is 0 Å². The van der Waals surface area contributed by atoms with Crippen LogP contribution in [0.1, 0.15) is 12.0 Å². The van der Waals surface area contributed by atoms with Gasteiger partial charge in [-0.05, 0) is 18.1 Å². The maximum Gasteiger partial charge on any atom is 0.410 e. The lowest BCUT2D eigenvalue weighted by atomic mass is 10.1. The van der Waals surface area contributed by atoms with E-state index in [2.05, 4.69) is 13.2 Å². The van der Waals surface area contributed by atoms with Gasteiger partial charge in [-0.25, -0.2) is 4.79 Å². The molecule has 0 radical (unpaired) electrons. The molecule has 1 heterocycles. The van der Waals surface area contributed by atoms with Crippen molar-refractivity contribution in [1.29, 1.82) is 0 Å². The number of benzene rings is 1. The highest BCUT2D eigenvalue weighted by Crippen LogP contribution is 2.15. The molecule has 0 bridgehead atoms. The summed E-state index contributed by atoms with van der Waals surface area (Å²) in [7, 11) is 0. The number of aliphatic imine (C=N–C) groups is 1. The van der Waals surface area contributed by atoms with Crippen molar-refractivity contribution in [3.63, 3.8) is 0 Å². The second kappa shape index (κ2) is 7.43. The van der Waals surface area contributed by atoms with Gasteiger partial charge < -0.3 is 9.64 Å². The fourth-order valence-electron chi connectivity index (χ4n) is 2.29. The Hall–Kier alpha value is -2.36. The molecule has 1 saturated heterocycles. The molecule has 4 heteroatoms. The van der Waals surface area contributed by atoms with Crippen molar-refractivity contribution in [2.45, 2.75) is 12.5 Å². The molecular formula is C17H20N2O2. The SMILES string of the molecule is C=CCOC(=O)N1CC[C@@H](/N=C(\C=C)c2ccccc2)C1. The zero-order valence-corrected chi connectivity index (χ0v) is 12.1. The predicted octanol–water partition coefficient (Wildman–Crippen LogP) is 3.06. The number of nitrogens with zero attached hydrogens (tertiary/aromatic N) is 2. The van der Waals surface area contributed by atoms with Crippen LogP contribution in [0.3, 0.4) is 0 Å². The van der Waals surface area contributed by atoms with Crippen molar-refractivity contribution in [1.82, 2.24) is 4.90 Å². The van der Waals surface area contributed by atoms with Gasteiger partial charge in [-0.15, -0.1) is 0 Å². The van der Waals surface area contributed by atoms with Crippen molar-refractivity contribution in [3.05, 3.63) is 61.2 Å². The normalized spacial score (nSPS) is 18.4. The number of carbonyl (C=O) groups is 1. The highest BCUT2D eigenvalue weighted by atomic mass is 16.6. The Morgan fingerprint density at radius 1 is 1.38 bits per heavy atom. The van der Waals surface area contributed by atoms with Crippen LogP contribution in [0.5, 0.6) is 0 Å². The van der Waals surface area contributed by atoms with Crippen LogP contribution in [0.25, 0.3) is 0 Å². The minimum atomic E-state index is -0.299. The second-order valence-corrected chi connectivity index (χ2v) is 4.84. The molecule has 1 aromatic carbocycles. The van der Waals surface area contributed by atoms with Crippen LogP contribution in [0.2, 0.25) is 0 Å². The number of ether oxygens (including phenoxy) is 1. The van der Waals surface area contributed by atoms with E-state index in [0.717, 1.165) is 17.7 Å². The van der Waals surface area contributed by atoms with Crippen LogP contribution in [-0.4, -0.2) is 42.4 Å². The van der Waals surface area contributed by atoms with E-state index in [-0.39, 0.29) is 18.7 Å². The largest absolute Gasteiger partial charge is 0.445 e. The van der Waals surface area contributed by atoms with E-state index in [1.54, 1.807) is 17.1 Å². The Labute approximate surface area is 125 Å². The summed E-state index contributed by atoms with van der Waals surface area (Å²) in [4.78, 5) is 18.2. The van der Waals surface area contributed by atoms with Crippen LogP contribution in [0, 0.1) is 0 Å². The maximum absolute atomic E-state index is 11.8.